The number of nitrogens with zero attached hydrogens (tertiary/aromatic N) is 3. The maximum absolute atomic E-state index is 4.44. The molecule has 4 heteroatoms. The molecule has 1 aromatic carbocycles. The Kier molecular flexibility index (Phi) is 1.69. The quantitative estimate of drug-likeness (QED) is 0.727. The van der Waals surface area contributed by atoms with Crippen LogP contribution >= 0.6 is 0 Å². The van der Waals surface area contributed by atoms with Crippen LogP contribution < -0.4 is 0 Å². The van der Waals surface area contributed by atoms with Crippen LogP contribution in [0, 0.1) is 0 Å². The van der Waals surface area contributed by atoms with Crippen molar-refractivity contribution in [3.05, 3.63) is 42.5 Å². The smallest absolute Gasteiger partial charge is 0.114 e. The van der Waals surface area contributed by atoms with E-state index >= 15 is 0 Å². The van der Waals surface area contributed by atoms with Gasteiger partial charge in [0, 0.05) is 17.8 Å². The van der Waals surface area contributed by atoms with E-state index in [0.717, 1.165) is 16.7 Å². The van der Waals surface area contributed by atoms with Gasteiger partial charge in [-0.1, -0.05) is 6.07 Å². The Morgan fingerprint density at radius 2 is 2.18 bits per heavy atom. The molecule has 0 saturated heterocycles. The SMILES string of the molecule is c1cc(-n2nccc2C2CC2)c2nc[nH]c2c1. The summed E-state index contributed by atoms with van der Waals surface area (Å²) < 4.78 is 2.03. The predicted molar refractivity (Wildman–Crippen MR) is 65.2 cm³/mol. The largest absolute Gasteiger partial charge is 0.345 e. The van der Waals surface area contributed by atoms with E-state index < -0.39 is 0 Å². The summed E-state index contributed by atoms with van der Waals surface area (Å²) in [6.45, 7) is 0. The first-order valence-electron chi connectivity index (χ1n) is 5.90. The van der Waals surface area contributed by atoms with Crippen molar-refractivity contribution in [3.8, 4) is 5.69 Å². The lowest BCUT2D eigenvalue weighted by Gasteiger charge is -2.06. The van der Waals surface area contributed by atoms with Gasteiger partial charge in [0.15, 0.2) is 0 Å². The summed E-state index contributed by atoms with van der Waals surface area (Å²) in [4.78, 5) is 7.51. The lowest BCUT2D eigenvalue weighted by Crippen LogP contribution is -2.01. The highest BCUT2D eigenvalue weighted by Crippen LogP contribution is 2.40. The van der Waals surface area contributed by atoms with Crippen LogP contribution in [0.15, 0.2) is 36.8 Å². The third-order valence-electron chi connectivity index (χ3n) is 3.32. The number of nitrogens with one attached hydrogen (secondary N) is 1. The first-order chi connectivity index (χ1) is 8.43. The molecule has 0 unspecified atom stereocenters. The minimum Gasteiger partial charge on any atom is -0.345 e. The van der Waals surface area contributed by atoms with Crippen LogP contribution in [0.1, 0.15) is 24.5 Å². The highest BCUT2D eigenvalue weighted by molar-refractivity contribution is 5.83. The minimum atomic E-state index is 0.687. The molecule has 1 aliphatic rings. The van der Waals surface area contributed by atoms with Crippen molar-refractivity contribution >= 4 is 11.0 Å². The molecule has 0 atom stereocenters. The molecular formula is C13H12N4. The summed E-state index contributed by atoms with van der Waals surface area (Å²) in [5, 5.41) is 4.44. The number of H-pyrrole nitrogens is 1. The molecule has 0 radical (unpaired) electrons. The zero-order chi connectivity index (χ0) is 11.2. The lowest BCUT2D eigenvalue weighted by atomic mass is 10.2. The Bertz CT molecular complexity index is 675. The van der Waals surface area contributed by atoms with Gasteiger partial charge in [-0.05, 0) is 31.0 Å². The fraction of sp³-hybridized carbons (Fsp3) is 0.231. The Morgan fingerprint density at radius 3 is 3.06 bits per heavy atom. The van der Waals surface area contributed by atoms with Crippen LogP contribution in [-0.2, 0) is 0 Å². The van der Waals surface area contributed by atoms with Gasteiger partial charge in [0.25, 0.3) is 0 Å². The fourth-order valence-electron chi connectivity index (χ4n) is 2.32. The molecule has 1 saturated carbocycles. The highest BCUT2D eigenvalue weighted by Gasteiger charge is 2.27. The van der Waals surface area contributed by atoms with Gasteiger partial charge in [0.05, 0.1) is 17.5 Å². The van der Waals surface area contributed by atoms with E-state index in [9.17, 15) is 0 Å². The average molecular weight is 224 g/mol. The molecule has 0 bridgehead atoms. The molecule has 1 aliphatic carbocycles. The number of hydrogen-bond donors (Lipinski definition) is 1. The summed E-state index contributed by atoms with van der Waals surface area (Å²) in [5.41, 5.74) is 4.41. The molecular weight excluding hydrogens is 212 g/mol. The van der Waals surface area contributed by atoms with Crippen molar-refractivity contribution in [2.24, 2.45) is 0 Å². The maximum Gasteiger partial charge on any atom is 0.114 e. The molecule has 1 N–H and O–H groups in total. The monoisotopic (exact) mass is 224 g/mol. The first-order valence-corrected chi connectivity index (χ1v) is 5.90. The summed E-state index contributed by atoms with van der Waals surface area (Å²) >= 11 is 0. The Hall–Kier alpha value is -2.10. The minimum absolute atomic E-state index is 0.687. The van der Waals surface area contributed by atoms with Crippen LogP contribution in [0.2, 0.25) is 0 Å². The molecule has 1 fully saturated rings. The zero-order valence-corrected chi connectivity index (χ0v) is 9.30. The van der Waals surface area contributed by atoms with Gasteiger partial charge in [0.1, 0.15) is 5.52 Å². The number of hydrogen-bond acceptors (Lipinski definition) is 2. The summed E-state index contributed by atoms with van der Waals surface area (Å²) in [7, 11) is 0. The van der Waals surface area contributed by atoms with Crippen molar-refractivity contribution < 1.29 is 0 Å². The Labute approximate surface area is 98.3 Å². The van der Waals surface area contributed by atoms with Crippen LogP contribution in [0.25, 0.3) is 16.7 Å². The molecule has 4 nitrogen and oxygen atoms in total. The lowest BCUT2D eigenvalue weighted by molar-refractivity contribution is 0.812. The third-order valence-corrected chi connectivity index (χ3v) is 3.32. The molecule has 0 aliphatic heterocycles. The van der Waals surface area contributed by atoms with E-state index in [2.05, 4.69) is 27.2 Å². The number of para-hydroxylation sites is 1. The van der Waals surface area contributed by atoms with E-state index in [-0.39, 0.29) is 0 Å². The van der Waals surface area contributed by atoms with Gasteiger partial charge in [-0.15, -0.1) is 0 Å². The van der Waals surface area contributed by atoms with Gasteiger partial charge in [-0.25, -0.2) is 9.67 Å². The third kappa shape index (κ3) is 1.30. The number of imidazole rings is 1. The second-order valence-corrected chi connectivity index (χ2v) is 4.52. The standard InChI is InChI=1S/C13H12N4/c1-2-10-13(15-8-14-10)12(3-1)17-11(6-7-16-17)9-4-5-9/h1-3,6-9H,4-5H2,(H,14,15). The van der Waals surface area contributed by atoms with Crippen molar-refractivity contribution in [1.82, 2.24) is 19.7 Å². The van der Waals surface area contributed by atoms with E-state index in [1.54, 1.807) is 6.33 Å². The van der Waals surface area contributed by atoms with E-state index in [4.69, 9.17) is 0 Å². The van der Waals surface area contributed by atoms with Gasteiger partial charge >= 0.3 is 0 Å². The molecule has 0 amide bonds. The Balaban J connectivity index is 1.98. The number of rotatable bonds is 2. The molecule has 2 aromatic heterocycles. The second-order valence-electron chi connectivity index (χ2n) is 4.52. The van der Waals surface area contributed by atoms with Gasteiger partial charge in [-0.3, -0.25) is 0 Å². The maximum atomic E-state index is 4.44. The van der Waals surface area contributed by atoms with Crippen molar-refractivity contribution in [2.75, 3.05) is 0 Å². The van der Waals surface area contributed by atoms with Crippen molar-refractivity contribution in [2.45, 2.75) is 18.8 Å². The van der Waals surface area contributed by atoms with E-state index in [0.29, 0.717) is 5.92 Å². The molecule has 3 aromatic rings. The summed E-state index contributed by atoms with van der Waals surface area (Å²) in [6.07, 6.45) is 6.16. The Morgan fingerprint density at radius 1 is 1.24 bits per heavy atom. The van der Waals surface area contributed by atoms with Crippen LogP contribution in [0.3, 0.4) is 0 Å². The molecule has 84 valence electrons. The second kappa shape index (κ2) is 3.20. The highest BCUT2D eigenvalue weighted by atomic mass is 15.3. The molecule has 17 heavy (non-hydrogen) atoms. The first kappa shape index (κ1) is 8.98. The van der Waals surface area contributed by atoms with Gasteiger partial charge < -0.3 is 4.98 Å². The van der Waals surface area contributed by atoms with Crippen molar-refractivity contribution in [1.29, 1.82) is 0 Å². The summed E-state index contributed by atoms with van der Waals surface area (Å²) in [5.74, 6) is 0.687. The van der Waals surface area contributed by atoms with E-state index in [1.807, 2.05) is 23.0 Å². The zero-order valence-electron chi connectivity index (χ0n) is 9.30. The van der Waals surface area contributed by atoms with Crippen LogP contribution in [-0.4, -0.2) is 19.7 Å². The van der Waals surface area contributed by atoms with Crippen LogP contribution in [0.5, 0.6) is 0 Å². The number of fused-ring (bicyclic) bond motifs is 1. The molecule has 2 heterocycles. The topological polar surface area (TPSA) is 46.5 Å². The number of benzene rings is 1. The molecule has 0 spiro atoms. The van der Waals surface area contributed by atoms with Gasteiger partial charge in [-0.2, -0.15) is 5.10 Å². The fourth-order valence-corrected chi connectivity index (χ4v) is 2.32. The van der Waals surface area contributed by atoms with Crippen molar-refractivity contribution in [3.63, 3.8) is 0 Å². The molecule has 4 rings (SSSR count). The number of aromatic nitrogens is 4. The normalized spacial score (nSPS) is 15.5. The average Bonchev–Trinajstić information content (AvgIpc) is 2.92. The van der Waals surface area contributed by atoms with Gasteiger partial charge in [0.2, 0.25) is 0 Å². The van der Waals surface area contributed by atoms with E-state index in [1.165, 1.54) is 18.5 Å². The predicted octanol–water partition coefficient (Wildman–Crippen LogP) is 2.63. The number of aromatic amines is 1. The summed E-state index contributed by atoms with van der Waals surface area (Å²) in [6, 6.07) is 8.26. The van der Waals surface area contributed by atoms with Crippen LogP contribution in [0.4, 0.5) is 0 Å².